The number of Topliss-reactive ketones (excluding diaryl/α,β-unsaturated/α-hetero) is 1. The minimum atomic E-state index is -5.44. The van der Waals surface area contributed by atoms with Crippen LogP contribution in [0.3, 0.4) is 0 Å². The Labute approximate surface area is 163 Å². The van der Waals surface area contributed by atoms with Crippen LogP contribution < -0.4 is 10.6 Å². The van der Waals surface area contributed by atoms with Crippen molar-refractivity contribution >= 4 is 23.2 Å². The topological polar surface area (TPSA) is 78.4 Å². The van der Waals surface area contributed by atoms with E-state index >= 15 is 0 Å². The molecule has 1 fully saturated rings. The van der Waals surface area contributed by atoms with Crippen molar-refractivity contribution in [3.8, 4) is 0 Å². The van der Waals surface area contributed by atoms with Gasteiger partial charge in [0.15, 0.2) is 5.78 Å². The number of carbonyl (C=O) groups is 2. The molecule has 29 heavy (non-hydrogen) atoms. The van der Waals surface area contributed by atoms with Gasteiger partial charge in [0.25, 0.3) is 0 Å². The van der Waals surface area contributed by atoms with Crippen LogP contribution >= 0.6 is 11.3 Å². The largest absolute Gasteiger partial charge is 0.437 e. The third-order valence-electron chi connectivity index (χ3n) is 4.45. The molecule has 1 aliphatic rings. The van der Waals surface area contributed by atoms with Crippen molar-refractivity contribution in [1.82, 2.24) is 10.6 Å². The molecule has 2 aromatic rings. The van der Waals surface area contributed by atoms with Gasteiger partial charge in [-0.1, -0.05) is 18.2 Å². The molecule has 2 amide bonds. The van der Waals surface area contributed by atoms with Gasteiger partial charge in [-0.2, -0.15) is 26.3 Å². The summed E-state index contributed by atoms with van der Waals surface area (Å²) in [6.07, 6.45) is -10.1. The molecule has 1 aliphatic heterocycles. The maximum atomic E-state index is 13.7. The Hall–Kier alpha value is -2.60. The van der Waals surface area contributed by atoms with Gasteiger partial charge in [-0.25, -0.2) is 4.79 Å². The lowest BCUT2D eigenvalue weighted by atomic mass is 9.78. The molecule has 1 aromatic carbocycles. The minimum Gasteiger partial charge on any atom is -0.363 e. The second-order valence-corrected chi connectivity index (χ2v) is 7.23. The zero-order valence-corrected chi connectivity index (χ0v) is 15.0. The molecule has 3 rings (SSSR count). The van der Waals surface area contributed by atoms with Crippen molar-refractivity contribution in [3.05, 3.63) is 57.8 Å². The van der Waals surface area contributed by atoms with Crippen LogP contribution in [0.15, 0.2) is 41.8 Å². The van der Waals surface area contributed by atoms with Crippen molar-refractivity contribution in [2.75, 3.05) is 0 Å². The number of carbonyl (C=O) groups excluding carboxylic acids is 2. The highest BCUT2D eigenvalue weighted by Crippen LogP contribution is 2.44. The second-order valence-electron chi connectivity index (χ2n) is 6.28. The first-order valence-corrected chi connectivity index (χ1v) is 8.85. The van der Waals surface area contributed by atoms with E-state index < -0.39 is 47.4 Å². The predicted molar refractivity (Wildman–Crippen MR) is 89.0 cm³/mol. The van der Waals surface area contributed by atoms with Crippen molar-refractivity contribution in [2.45, 2.75) is 24.1 Å². The molecule has 12 heteroatoms. The summed E-state index contributed by atoms with van der Waals surface area (Å²) in [5.74, 6) is -3.41. The SMILES string of the molecule is O=C1N[C@H](c2ccc(C(F)(F)F)cc2)[C@H](C(=O)c2cccs2)[C@@](O)(C(F)(F)F)N1. The lowest BCUT2D eigenvalue weighted by Crippen LogP contribution is -2.72. The number of rotatable bonds is 3. The Morgan fingerprint density at radius 3 is 2.17 bits per heavy atom. The molecule has 0 bridgehead atoms. The molecule has 0 spiro atoms. The van der Waals surface area contributed by atoms with Crippen LogP contribution in [0.5, 0.6) is 0 Å². The Morgan fingerprint density at radius 2 is 1.69 bits per heavy atom. The molecule has 0 saturated carbocycles. The van der Waals surface area contributed by atoms with Crippen LogP contribution in [0.4, 0.5) is 31.1 Å². The molecule has 1 aromatic heterocycles. The normalized spacial score (nSPS) is 25.3. The molecule has 5 nitrogen and oxygen atoms in total. The second kappa shape index (κ2) is 7.02. The lowest BCUT2D eigenvalue weighted by Gasteiger charge is -2.44. The van der Waals surface area contributed by atoms with Gasteiger partial charge in [-0.15, -0.1) is 11.3 Å². The number of alkyl halides is 6. The minimum absolute atomic E-state index is 0.118. The van der Waals surface area contributed by atoms with E-state index in [0.29, 0.717) is 12.1 Å². The van der Waals surface area contributed by atoms with Gasteiger partial charge in [0.2, 0.25) is 5.72 Å². The zero-order chi connectivity index (χ0) is 21.6. The van der Waals surface area contributed by atoms with Crippen LogP contribution in [0, 0.1) is 5.92 Å². The van der Waals surface area contributed by atoms with E-state index in [9.17, 15) is 41.0 Å². The number of hydrogen-bond acceptors (Lipinski definition) is 4. The van der Waals surface area contributed by atoms with Crippen LogP contribution in [0.25, 0.3) is 0 Å². The predicted octanol–water partition coefficient (Wildman–Crippen LogP) is 3.87. The summed E-state index contributed by atoms with van der Waals surface area (Å²) in [7, 11) is 0. The Kier molecular flexibility index (Phi) is 5.11. The molecular weight excluding hydrogens is 426 g/mol. The molecule has 1 saturated heterocycles. The maximum Gasteiger partial charge on any atom is 0.437 e. The van der Waals surface area contributed by atoms with Gasteiger partial charge >= 0.3 is 18.4 Å². The summed E-state index contributed by atoms with van der Waals surface area (Å²) < 4.78 is 79.3. The highest BCUT2D eigenvalue weighted by atomic mass is 32.1. The summed E-state index contributed by atoms with van der Waals surface area (Å²) >= 11 is 0.823. The van der Waals surface area contributed by atoms with E-state index in [2.05, 4.69) is 5.32 Å². The number of aliphatic hydroxyl groups is 1. The van der Waals surface area contributed by atoms with Crippen LogP contribution in [0.1, 0.15) is 26.8 Å². The molecule has 0 radical (unpaired) electrons. The monoisotopic (exact) mass is 438 g/mol. The number of urea groups is 1. The first-order chi connectivity index (χ1) is 13.3. The standard InChI is InChI=1S/C17H12F6N2O3S/c18-16(19,20)9-5-3-8(4-6-9)12-11(13(26)10-2-1-7-29-10)15(28,17(21,22)23)25-14(27)24-12/h1-7,11-12,28H,(H2,24,25,27)/t11-,12-,15-/m1/s1. The Bertz CT molecular complexity index is 911. The van der Waals surface area contributed by atoms with E-state index in [1.54, 1.807) is 0 Å². The summed E-state index contributed by atoms with van der Waals surface area (Å²) in [5, 5.41) is 15.2. The van der Waals surface area contributed by atoms with Crippen molar-refractivity contribution in [2.24, 2.45) is 5.92 Å². The third kappa shape index (κ3) is 3.81. The van der Waals surface area contributed by atoms with Gasteiger partial charge in [0.05, 0.1) is 16.5 Å². The first-order valence-electron chi connectivity index (χ1n) is 7.97. The number of amides is 2. The van der Waals surface area contributed by atoms with E-state index in [1.165, 1.54) is 22.8 Å². The number of hydrogen-bond donors (Lipinski definition) is 3. The molecule has 0 aliphatic carbocycles. The average Bonchev–Trinajstić information content (AvgIpc) is 3.13. The number of thiophene rings is 1. The molecule has 3 atom stereocenters. The van der Waals surface area contributed by atoms with Crippen molar-refractivity contribution < 1.29 is 41.0 Å². The lowest BCUT2D eigenvalue weighted by molar-refractivity contribution is -0.287. The summed E-state index contributed by atoms with van der Waals surface area (Å²) in [6.45, 7) is 0. The van der Waals surface area contributed by atoms with E-state index in [-0.39, 0.29) is 10.4 Å². The summed E-state index contributed by atoms with van der Waals surface area (Å²) in [6, 6.07) is 2.43. The van der Waals surface area contributed by atoms with Gasteiger partial charge in [0.1, 0.15) is 5.92 Å². The maximum absolute atomic E-state index is 13.7. The number of benzene rings is 1. The fraction of sp³-hybridized carbons (Fsp3) is 0.294. The van der Waals surface area contributed by atoms with Gasteiger partial charge in [0, 0.05) is 0 Å². The van der Waals surface area contributed by atoms with Crippen LogP contribution in [-0.4, -0.2) is 28.8 Å². The van der Waals surface area contributed by atoms with Crippen molar-refractivity contribution in [1.29, 1.82) is 0 Å². The third-order valence-corrected chi connectivity index (χ3v) is 5.33. The first kappa shape index (κ1) is 21.1. The number of ketones is 1. The van der Waals surface area contributed by atoms with Crippen LogP contribution in [-0.2, 0) is 6.18 Å². The van der Waals surface area contributed by atoms with Gasteiger partial charge < -0.3 is 15.7 Å². The fourth-order valence-electron chi connectivity index (χ4n) is 3.07. The highest BCUT2D eigenvalue weighted by molar-refractivity contribution is 7.12. The smallest absolute Gasteiger partial charge is 0.363 e. The quantitative estimate of drug-likeness (QED) is 0.503. The molecule has 2 heterocycles. The number of nitrogens with one attached hydrogen (secondary N) is 2. The zero-order valence-electron chi connectivity index (χ0n) is 14.1. The summed E-state index contributed by atoms with van der Waals surface area (Å²) in [4.78, 5) is 24.5. The van der Waals surface area contributed by atoms with E-state index in [4.69, 9.17) is 0 Å². The van der Waals surface area contributed by atoms with E-state index in [1.807, 2.05) is 0 Å². The van der Waals surface area contributed by atoms with Crippen molar-refractivity contribution in [3.63, 3.8) is 0 Å². The number of halogens is 6. The molecular formula is C17H12F6N2O3S. The van der Waals surface area contributed by atoms with E-state index in [0.717, 1.165) is 23.5 Å². The average molecular weight is 438 g/mol. The molecule has 156 valence electrons. The molecule has 3 N–H and O–H groups in total. The van der Waals surface area contributed by atoms with Gasteiger partial charge in [-0.05, 0) is 29.1 Å². The Morgan fingerprint density at radius 1 is 1.07 bits per heavy atom. The highest BCUT2D eigenvalue weighted by Gasteiger charge is 2.66. The fourth-order valence-corrected chi connectivity index (χ4v) is 3.77. The molecule has 0 unspecified atom stereocenters. The summed E-state index contributed by atoms with van der Waals surface area (Å²) in [5.41, 5.74) is -5.19. The Balaban J connectivity index is 2.11. The van der Waals surface area contributed by atoms with Crippen LogP contribution in [0.2, 0.25) is 0 Å². The van der Waals surface area contributed by atoms with Gasteiger partial charge in [-0.3, -0.25) is 4.79 Å².